The molecule has 2 atom stereocenters. The van der Waals surface area contributed by atoms with E-state index in [1.807, 2.05) is 56.3 Å². The maximum atomic E-state index is 12.9. The summed E-state index contributed by atoms with van der Waals surface area (Å²) in [7, 11) is 1.58. The molecule has 2 aromatic carbocycles. The van der Waals surface area contributed by atoms with Crippen LogP contribution in [0.25, 0.3) is 0 Å². The lowest BCUT2D eigenvalue weighted by Crippen LogP contribution is -2.43. The van der Waals surface area contributed by atoms with Crippen LogP contribution in [0.4, 0.5) is 0 Å². The number of benzene rings is 2. The van der Waals surface area contributed by atoms with Crippen molar-refractivity contribution in [3.05, 3.63) is 59.7 Å². The van der Waals surface area contributed by atoms with Gasteiger partial charge in [-0.2, -0.15) is 0 Å². The predicted molar refractivity (Wildman–Crippen MR) is 117 cm³/mol. The van der Waals surface area contributed by atoms with Crippen molar-refractivity contribution in [2.75, 3.05) is 12.9 Å². The fourth-order valence-electron chi connectivity index (χ4n) is 3.41. The molecule has 7 heteroatoms. The van der Waals surface area contributed by atoms with Crippen LogP contribution < -0.4 is 9.47 Å². The minimum atomic E-state index is -0.976. The molecule has 1 aliphatic rings. The van der Waals surface area contributed by atoms with E-state index >= 15 is 0 Å². The summed E-state index contributed by atoms with van der Waals surface area (Å²) in [6.45, 7) is 4.29. The lowest BCUT2D eigenvalue weighted by molar-refractivity contribution is -0.149. The van der Waals surface area contributed by atoms with Gasteiger partial charge in [0.05, 0.1) is 7.11 Å². The predicted octanol–water partition coefficient (Wildman–Crippen LogP) is 4.35. The van der Waals surface area contributed by atoms with Crippen molar-refractivity contribution >= 4 is 23.6 Å². The number of aliphatic carboxylic acids is 1. The molecule has 0 aliphatic carbocycles. The quantitative estimate of drug-likeness (QED) is 0.672. The summed E-state index contributed by atoms with van der Waals surface area (Å²) in [4.78, 5) is 26.1. The van der Waals surface area contributed by atoms with Crippen molar-refractivity contribution in [3.63, 3.8) is 0 Å². The molecule has 0 spiro atoms. The number of thioether (sulfide) groups is 1. The minimum absolute atomic E-state index is 0.144. The molecule has 0 saturated carbocycles. The van der Waals surface area contributed by atoms with E-state index in [1.54, 1.807) is 13.2 Å². The highest BCUT2D eigenvalue weighted by Gasteiger charge is 2.42. The summed E-state index contributed by atoms with van der Waals surface area (Å²) in [6.07, 6.45) is 0.314. The van der Waals surface area contributed by atoms with Crippen LogP contribution in [0, 0.1) is 5.92 Å². The van der Waals surface area contributed by atoms with Crippen molar-refractivity contribution < 1.29 is 24.2 Å². The lowest BCUT2D eigenvalue weighted by Gasteiger charge is -2.28. The number of carboxylic acid groups (broad SMARTS) is 1. The highest BCUT2D eigenvalue weighted by atomic mass is 32.2. The van der Waals surface area contributed by atoms with Crippen molar-refractivity contribution in [2.45, 2.75) is 38.3 Å². The summed E-state index contributed by atoms with van der Waals surface area (Å²) >= 11 is 1.46. The van der Waals surface area contributed by atoms with Gasteiger partial charge in [-0.05, 0) is 29.2 Å². The van der Waals surface area contributed by atoms with Crippen LogP contribution in [0.15, 0.2) is 48.5 Å². The number of carbonyl (C=O) groups excluding carboxylic acids is 1. The number of ether oxygens (including phenoxy) is 2. The third-order valence-corrected chi connectivity index (χ3v) is 6.19. The molecule has 1 fully saturated rings. The van der Waals surface area contributed by atoms with Gasteiger partial charge in [-0.3, -0.25) is 4.79 Å². The zero-order chi connectivity index (χ0) is 21.7. The summed E-state index contributed by atoms with van der Waals surface area (Å²) in [5, 5.41) is 9.25. The van der Waals surface area contributed by atoms with Crippen LogP contribution in [0.2, 0.25) is 0 Å². The van der Waals surface area contributed by atoms with Crippen molar-refractivity contribution in [1.82, 2.24) is 4.90 Å². The zero-order valence-corrected chi connectivity index (χ0v) is 18.2. The van der Waals surface area contributed by atoms with Crippen molar-refractivity contribution in [2.24, 2.45) is 5.92 Å². The molecule has 1 saturated heterocycles. The van der Waals surface area contributed by atoms with Crippen LogP contribution in [0.3, 0.4) is 0 Å². The number of nitrogens with zero attached hydrogens (tertiary/aromatic N) is 1. The van der Waals surface area contributed by atoms with E-state index in [4.69, 9.17) is 9.47 Å². The van der Waals surface area contributed by atoms with E-state index in [0.717, 1.165) is 11.1 Å². The molecule has 1 aliphatic heterocycles. The highest BCUT2D eigenvalue weighted by Crippen LogP contribution is 2.44. The SMILES string of the molecule is COc1ccc(C2SCC(C(=O)O)N2C(=O)CC(C)C)cc1OCc1ccccc1. The Morgan fingerprint density at radius 3 is 2.53 bits per heavy atom. The van der Waals surface area contributed by atoms with Gasteiger partial charge >= 0.3 is 5.97 Å². The Hall–Kier alpha value is -2.67. The molecule has 1 N–H and O–H groups in total. The lowest BCUT2D eigenvalue weighted by atomic mass is 10.1. The Morgan fingerprint density at radius 1 is 1.17 bits per heavy atom. The Balaban J connectivity index is 1.87. The Bertz CT molecular complexity index is 886. The molecule has 6 nitrogen and oxygen atoms in total. The van der Waals surface area contributed by atoms with Crippen LogP contribution >= 0.6 is 11.8 Å². The summed E-state index contributed by atoms with van der Waals surface area (Å²) in [6, 6.07) is 14.5. The Labute approximate surface area is 181 Å². The monoisotopic (exact) mass is 429 g/mol. The van der Waals surface area contributed by atoms with Gasteiger partial charge in [-0.25, -0.2) is 4.79 Å². The number of methoxy groups -OCH3 is 1. The fraction of sp³-hybridized carbons (Fsp3) is 0.391. The first kappa shape index (κ1) is 22.0. The molecule has 160 valence electrons. The smallest absolute Gasteiger partial charge is 0.327 e. The standard InChI is InChI=1S/C23H27NO5S/c1-15(2)11-21(25)24-18(23(26)27)14-30-22(24)17-9-10-19(28-3)20(12-17)29-13-16-7-5-4-6-8-16/h4-10,12,15,18,22H,11,13-14H2,1-3H3,(H,26,27). The summed E-state index contributed by atoms with van der Waals surface area (Å²) < 4.78 is 11.4. The Morgan fingerprint density at radius 2 is 1.90 bits per heavy atom. The van der Waals surface area contributed by atoms with Gasteiger partial charge in [0.15, 0.2) is 11.5 Å². The van der Waals surface area contributed by atoms with Crippen LogP contribution in [-0.2, 0) is 16.2 Å². The van der Waals surface area contributed by atoms with E-state index in [0.29, 0.717) is 30.3 Å². The number of hydrogen-bond acceptors (Lipinski definition) is 5. The number of carbonyl (C=O) groups is 2. The molecule has 30 heavy (non-hydrogen) atoms. The molecule has 1 amide bonds. The van der Waals surface area contributed by atoms with Gasteiger partial charge in [-0.15, -0.1) is 11.8 Å². The van der Waals surface area contributed by atoms with Gasteiger partial charge in [0.2, 0.25) is 5.91 Å². The molecular weight excluding hydrogens is 402 g/mol. The summed E-state index contributed by atoms with van der Waals surface area (Å²) in [5.74, 6) is 0.544. The fourth-order valence-corrected chi connectivity index (χ4v) is 4.84. The number of hydrogen-bond donors (Lipinski definition) is 1. The van der Waals surface area contributed by atoms with E-state index in [9.17, 15) is 14.7 Å². The van der Waals surface area contributed by atoms with Crippen LogP contribution in [0.5, 0.6) is 11.5 Å². The first-order valence-electron chi connectivity index (χ1n) is 9.91. The van der Waals surface area contributed by atoms with Gasteiger partial charge in [0.1, 0.15) is 18.0 Å². The maximum absolute atomic E-state index is 12.9. The molecule has 3 rings (SSSR count). The molecule has 2 aromatic rings. The van der Waals surface area contributed by atoms with E-state index < -0.39 is 12.0 Å². The zero-order valence-electron chi connectivity index (χ0n) is 17.4. The van der Waals surface area contributed by atoms with Crippen LogP contribution in [-0.4, -0.2) is 40.8 Å². The summed E-state index contributed by atoms with van der Waals surface area (Å²) in [5.41, 5.74) is 1.85. The molecule has 0 radical (unpaired) electrons. The average molecular weight is 430 g/mol. The van der Waals surface area contributed by atoms with E-state index in [2.05, 4.69) is 0 Å². The first-order chi connectivity index (χ1) is 14.4. The van der Waals surface area contributed by atoms with Gasteiger partial charge < -0.3 is 19.5 Å². The molecule has 0 aromatic heterocycles. The van der Waals surface area contributed by atoms with Gasteiger partial charge in [-0.1, -0.05) is 50.2 Å². The molecule has 1 heterocycles. The third kappa shape index (κ3) is 5.08. The van der Waals surface area contributed by atoms with Crippen LogP contribution in [0.1, 0.15) is 36.8 Å². The largest absolute Gasteiger partial charge is 0.493 e. The molecule has 2 unspecified atom stereocenters. The normalized spacial score (nSPS) is 18.5. The van der Waals surface area contributed by atoms with Crippen molar-refractivity contribution in [1.29, 1.82) is 0 Å². The number of amides is 1. The second kappa shape index (κ2) is 9.89. The highest BCUT2D eigenvalue weighted by molar-refractivity contribution is 7.99. The topological polar surface area (TPSA) is 76.1 Å². The van der Waals surface area contributed by atoms with Gasteiger partial charge in [0, 0.05) is 12.2 Å². The van der Waals surface area contributed by atoms with E-state index in [-0.39, 0.29) is 17.2 Å². The third-order valence-electron chi connectivity index (χ3n) is 4.87. The average Bonchev–Trinajstić information content (AvgIpc) is 3.18. The first-order valence-corrected chi connectivity index (χ1v) is 11.0. The second-order valence-corrected chi connectivity index (χ2v) is 8.74. The molecule has 0 bridgehead atoms. The maximum Gasteiger partial charge on any atom is 0.327 e. The van der Waals surface area contributed by atoms with E-state index in [1.165, 1.54) is 16.7 Å². The number of rotatable bonds is 8. The second-order valence-electron chi connectivity index (χ2n) is 7.62. The van der Waals surface area contributed by atoms with Gasteiger partial charge in [0.25, 0.3) is 0 Å². The minimum Gasteiger partial charge on any atom is -0.493 e. The van der Waals surface area contributed by atoms with Crippen molar-refractivity contribution in [3.8, 4) is 11.5 Å². The number of carboxylic acids is 1. The molecular formula is C23H27NO5S. The Kier molecular flexibility index (Phi) is 7.26.